The van der Waals surface area contributed by atoms with Crippen molar-refractivity contribution in [3.8, 4) is 5.75 Å². The summed E-state index contributed by atoms with van der Waals surface area (Å²) in [6.07, 6.45) is -4.76. The van der Waals surface area contributed by atoms with Gasteiger partial charge in [0.1, 0.15) is 5.75 Å². The molecule has 2 aromatic rings. The topological polar surface area (TPSA) is 50.8 Å². The van der Waals surface area contributed by atoms with Crippen LogP contribution in [0.1, 0.15) is 22.0 Å². The van der Waals surface area contributed by atoms with Crippen molar-refractivity contribution in [3.63, 3.8) is 0 Å². The molecule has 1 unspecified atom stereocenters. The smallest absolute Gasteiger partial charge is 0.406 e. The fourth-order valence-corrected chi connectivity index (χ4v) is 3.12. The number of morpholine rings is 1. The van der Waals surface area contributed by atoms with E-state index in [-0.39, 0.29) is 23.3 Å². The summed E-state index contributed by atoms with van der Waals surface area (Å²) in [5.74, 6) is -0.715. The van der Waals surface area contributed by atoms with Gasteiger partial charge in [-0.1, -0.05) is 30.3 Å². The molecule has 1 saturated heterocycles. The maximum Gasteiger partial charge on any atom is 0.573 e. The van der Waals surface area contributed by atoms with Crippen LogP contribution in [0.15, 0.2) is 54.6 Å². The zero-order valence-corrected chi connectivity index (χ0v) is 15.1. The second kappa shape index (κ2) is 9.07. The lowest BCUT2D eigenvalue weighted by atomic mass is 10.0. The van der Waals surface area contributed by atoms with Gasteiger partial charge in [-0.25, -0.2) is 0 Å². The van der Waals surface area contributed by atoms with Crippen LogP contribution in [-0.2, 0) is 4.74 Å². The first kappa shape index (κ1) is 20.2. The number of hydrogen-bond acceptors (Lipinski definition) is 4. The molecule has 0 aromatic heterocycles. The molecule has 0 saturated carbocycles. The summed E-state index contributed by atoms with van der Waals surface area (Å²) < 4.78 is 45.9. The van der Waals surface area contributed by atoms with Crippen molar-refractivity contribution in [2.75, 3.05) is 32.8 Å². The van der Waals surface area contributed by atoms with E-state index in [2.05, 4.69) is 15.0 Å². The van der Waals surface area contributed by atoms with Gasteiger partial charge >= 0.3 is 6.36 Å². The van der Waals surface area contributed by atoms with Crippen LogP contribution in [-0.4, -0.2) is 50.0 Å². The number of alkyl halides is 3. The average molecular weight is 394 g/mol. The molecule has 28 heavy (non-hydrogen) atoms. The predicted molar refractivity (Wildman–Crippen MR) is 97.0 cm³/mol. The van der Waals surface area contributed by atoms with E-state index in [0.717, 1.165) is 30.8 Å². The Balaban J connectivity index is 1.64. The van der Waals surface area contributed by atoms with E-state index in [1.165, 1.54) is 12.1 Å². The van der Waals surface area contributed by atoms with Gasteiger partial charge in [0.25, 0.3) is 5.91 Å². The molecule has 1 atom stereocenters. The summed E-state index contributed by atoms with van der Waals surface area (Å²) in [7, 11) is 0. The lowest BCUT2D eigenvalue weighted by Gasteiger charge is -2.35. The van der Waals surface area contributed by atoms with Crippen molar-refractivity contribution in [2.24, 2.45) is 0 Å². The van der Waals surface area contributed by atoms with Gasteiger partial charge in [0.15, 0.2) is 0 Å². The number of halogens is 3. The van der Waals surface area contributed by atoms with Gasteiger partial charge in [0, 0.05) is 25.2 Å². The van der Waals surface area contributed by atoms with Gasteiger partial charge < -0.3 is 14.8 Å². The van der Waals surface area contributed by atoms with Crippen molar-refractivity contribution < 1.29 is 27.4 Å². The van der Waals surface area contributed by atoms with Crippen molar-refractivity contribution in [1.82, 2.24) is 10.2 Å². The van der Waals surface area contributed by atoms with Crippen LogP contribution in [0.3, 0.4) is 0 Å². The molecule has 8 heteroatoms. The highest BCUT2D eigenvalue weighted by Gasteiger charge is 2.31. The normalized spacial score (nSPS) is 16.4. The van der Waals surface area contributed by atoms with E-state index in [1.807, 2.05) is 30.3 Å². The minimum Gasteiger partial charge on any atom is -0.406 e. The minimum absolute atomic E-state index is 0.0121. The summed E-state index contributed by atoms with van der Waals surface area (Å²) in [6.45, 7) is 3.18. The van der Waals surface area contributed by atoms with E-state index in [1.54, 1.807) is 0 Å². The largest absolute Gasteiger partial charge is 0.573 e. The van der Waals surface area contributed by atoms with E-state index >= 15 is 0 Å². The SMILES string of the molecule is O=C(NCC(c1ccccc1)N1CCOCC1)c1ccc(OC(F)(F)F)cc1. The molecule has 0 radical (unpaired) electrons. The predicted octanol–water partition coefficient (Wildman–Crippen LogP) is 3.39. The Morgan fingerprint density at radius 2 is 1.71 bits per heavy atom. The van der Waals surface area contributed by atoms with Crippen molar-refractivity contribution in [3.05, 3.63) is 65.7 Å². The second-order valence-electron chi connectivity index (χ2n) is 6.36. The average Bonchev–Trinajstić information content (AvgIpc) is 2.69. The van der Waals surface area contributed by atoms with Crippen LogP contribution in [0.2, 0.25) is 0 Å². The molecule has 1 fully saturated rings. The molecule has 1 amide bonds. The van der Waals surface area contributed by atoms with Gasteiger partial charge in [-0.15, -0.1) is 13.2 Å². The summed E-state index contributed by atoms with van der Waals surface area (Å²) in [6, 6.07) is 14.7. The molecule has 0 aliphatic carbocycles. The standard InChI is InChI=1S/C20H21F3N2O3/c21-20(22,23)28-17-8-6-16(7-9-17)19(26)24-14-18(15-4-2-1-3-5-15)25-10-12-27-13-11-25/h1-9,18H,10-14H2,(H,24,26). The monoisotopic (exact) mass is 394 g/mol. The van der Waals surface area contributed by atoms with E-state index in [0.29, 0.717) is 19.8 Å². The Kier molecular flexibility index (Phi) is 6.53. The Bertz CT molecular complexity index is 761. The van der Waals surface area contributed by atoms with E-state index < -0.39 is 6.36 Å². The maximum atomic E-state index is 12.4. The minimum atomic E-state index is -4.76. The Morgan fingerprint density at radius 1 is 1.07 bits per heavy atom. The number of ether oxygens (including phenoxy) is 2. The lowest BCUT2D eigenvalue weighted by molar-refractivity contribution is -0.274. The highest BCUT2D eigenvalue weighted by atomic mass is 19.4. The highest BCUT2D eigenvalue weighted by molar-refractivity contribution is 5.94. The third kappa shape index (κ3) is 5.71. The number of nitrogens with one attached hydrogen (secondary N) is 1. The molecule has 3 rings (SSSR count). The highest BCUT2D eigenvalue weighted by Crippen LogP contribution is 2.23. The molecule has 0 spiro atoms. The molecule has 1 heterocycles. The van der Waals surface area contributed by atoms with Crippen LogP contribution in [0, 0.1) is 0 Å². The van der Waals surface area contributed by atoms with Crippen LogP contribution in [0.5, 0.6) is 5.75 Å². The Labute approximate surface area is 161 Å². The fraction of sp³-hybridized carbons (Fsp3) is 0.350. The number of rotatable bonds is 6. The molecule has 0 bridgehead atoms. The number of carbonyl (C=O) groups is 1. The zero-order chi connectivity index (χ0) is 20.0. The van der Waals surface area contributed by atoms with Crippen LogP contribution < -0.4 is 10.1 Å². The maximum absolute atomic E-state index is 12.4. The third-order valence-electron chi connectivity index (χ3n) is 4.48. The Hall–Kier alpha value is -2.58. The molecular formula is C20H21F3N2O3. The lowest BCUT2D eigenvalue weighted by Crippen LogP contribution is -2.43. The van der Waals surface area contributed by atoms with Gasteiger partial charge in [-0.2, -0.15) is 0 Å². The molecule has 5 nitrogen and oxygen atoms in total. The van der Waals surface area contributed by atoms with Crippen molar-refractivity contribution in [2.45, 2.75) is 12.4 Å². The molecule has 1 N–H and O–H groups in total. The molecule has 1 aliphatic heterocycles. The molecular weight excluding hydrogens is 373 g/mol. The van der Waals surface area contributed by atoms with Gasteiger partial charge in [-0.05, 0) is 29.8 Å². The van der Waals surface area contributed by atoms with Crippen LogP contribution in [0.25, 0.3) is 0 Å². The van der Waals surface area contributed by atoms with Gasteiger partial charge in [0.05, 0.1) is 19.3 Å². The summed E-state index contributed by atoms with van der Waals surface area (Å²) >= 11 is 0. The van der Waals surface area contributed by atoms with Crippen LogP contribution >= 0.6 is 0 Å². The van der Waals surface area contributed by atoms with Crippen molar-refractivity contribution >= 4 is 5.91 Å². The molecule has 2 aromatic carbocycles. The number of amides is 1. The number of nitrogens with zero attached hydrogens (tertiary/aromatic N) is 1. The van der Waals surface area contributed by atoms with Gasteiger partial charge in [0.2, 0.25) is 0 Å². The summed E-state index contributed by atoms with van der Waals surface area (Å²) in [5, 5.41) is 2.88. The first-order valence-electron chi connectivity index (χ1n) is 8.93. The summed E-state index contributed by atoms with van der Waals surface area (Å²) in [4.78, 5) is 14.7. The number of hydrogen-bond donors (Lipinski definition) is 1. The Morgan fingerprint density at radius 3 is 2.32 bits per heavy atom. The van der Waals surface area contributed by atoms with Crippen molar-refractivity contribution in [1.29, 1.82) is 0 Å². The van der Waals surface area contributed by atoms with E-state index in [9.17, 15) is 18.0 Å². The number of benzene rings is 2. The number of carbonyl (C=O) groups excluding carboxylic acids is 1. The zero-order valence-electron chi connectivity index (χ0n) is 15.1. The van der Waals surface area contributed by atoms with Crippen LogP contribution in [0.4, 0.5) is 13.2 Å². The fourth-order valence-electron chi connectivity index (χ4n) is 3.12. The quantitative estimate of drug-likeness (QED) is 0.816. The first-order valence-corrected chi connectivity index (χ1v) is 8.93. The first-order chi connectivity index (χ1) is 13.4. The molecule has 150 valence electrons. The molecule has 1 aliphatic rings. The second-order valence-corrected chi connectivity index (χ2v) is 6.36. The van der Waals surface area contributed by atoms with Gasteiger partial charge in [-0.3, -0.25) is 9.69 Å². The third-order valence-corrected chi connectivity index (χ3v) is 4.48. The van der Waals surface area contributed by atoms with E-state index in [4.69, 9.17) is 4.74 Å². The summed E-state index contributed by atoms with van der Waals surface area (Å²) in [5.41, 5.74) is 1.35.